The Hall–Kier alpha value is -0.900. The molecule has 0 aliphatic carbocycles. The highest BCUT2D eigenvalue weighted by atomic mass is 79.9. The van der Waals surface area contributed by atoms with E-state index in [9.17, 15) is 4.79 Å². The van der Waals surface area contributed by atoms with Crippen molar-refractivity contribution >= 4 is 21.8 Å². The standard InChI is InChI=1S/C11H15BrN2O/c1-2-3-4-7-14-11(15)9-6-5-8-13-10(9)12/h5-6,8H,2-4,7H2,1H3,(H,14,15). The molecule has 0 saturated heterocycles. The van der Waals surface area contributed by atoms with E-state index >= 15 is 0 Å². The lowest BCUT2D eigenvalue weighted by molar-refractivity contribution is 0.0952. The molecule has 0 aromatic carbocycles. The highest BCUT2D eigenvalue weighted by Crippen LogP contribution is 2.11. The van der Waals surface area contributed by atoms with Crippen molar-refractivity contribution in [1.29, 1.82) is 0 Å². The lowest BCUT2D eigenvalue weighted by Gasteiger charge is -2.05. The van der Waals surface area contributed by atoms with E-state index in [4.69, 9.17) is 0 Å². The van der Waals surface area contributed by atoms with Crippen molar-refractivity contribution in [3.8, 4) is 0 Å². The van der Waals surface area contributed by atoms with E-state index < -0.39 is 0 Å². The first-order valence-electron chi connectivity index (χ1n) is 5.14. The van der Waals surface area contributed by atoms with Gasteiger partial charge in [0, 0.05) is 12.7 Å². The van der Waals surface area contributed by atoms with E-state index in [0.29, 0.717) is 10.2 Å². The fourth-order valence-electron chi connectivity index (χ4n) is 1.23. The molecule has 4 heteroatoms. The second-order valence-electron chi connectivity index (χ2n) is 3.30. The molecule has 15 heavy (non-hydrogen) atoms. The number of aromatic nitrogens is 1. The van der Waals surface area contributed by atoms with Gasteiger partial charge < -0.3 is 5.32 Å². The quantitative estimate of drug-likeness (QED) is 0.661. The Bertz CT molecular complexity index is 328. The Kier molecular flexibility index (Phi) is 5.32. The second-order valence-corrected chi connectivity index (χ2v) is 4.06. The normalized spacial score (nSPS) is 10.0. The fourth-order valence-corrected chi connectivity index (χ4v) is 1.66. The van der Waals surface area contributed by atoms with Crippen LogP contribution in [0.5, 0.6) is 0 Å². The lowest BCUT2D eigenvalue weighted by atomic mass is 10.2. The Morgan fingerprint density at radius 3 is 3.00 bits per heavy atom. The SMILES string of the molecule is CCCCCNC(=O)c1cccnc1Br. The molecule has 1 heterocycles. The second kappa shape index (κ2) is 6.56. The number of halogens is 1. The Balaban J connectivity index is 2.44. The zero-order valence-corrected chi connectivity index (χ0v) is 10.4. The van der Waals surface area contributed by atoms with E-state index in [2.05, 4.69) is 33.2 Å². The number of rotatable bonds is 5. The Morgan fingerprint density at radius 2 is 2.33 bits per heavy atom. The van der Waals surface area contributed by atoms with Gasteiger partial charge in [-0.25, -0.2) is 4.98 Å². The zero-order chi connectivity index (χ0) is 11.1. The summed E-state index contributed by atoms with van der Waals surface area (Å²) in [4.78, 5) is 15.6. The minimum atomic E-state index is -0.0638. The minimum Gasteiger partial charge on any atom is -0.352 e. The molecule has 0 fully saturated rings. The van der Waals surface area contributed by atoms with Gasteiger partial charge in [0.2, 0.25) is 0 Å². The maximum atomic E-state index is 11.6. The summed E-state index contributed by atoms with van der Waals surface area (Å²) in [6, 6.07) is 3.51. The molecule has 0 aliphatic heterocycles. The third-order valence-corrected chi connectivity index (χ3v) is 2.70. The first-order valence-corrected chi connectivity index (χ1v) is 5.93. The van der Waals surface area contributed by atoms with Crippen molar-refractivity contribution in [2.45, 2.75) is 26.2 Å². The average molecular weight is 271 g/mol. The Morgan fingerprint density at radius 1 is 1.53 bits per heavy atom. The first-order chi connectivity index (χ1) is 7.25. The molecule has 0 radical (unpaired) electrons. The van der Waals surface area contributed by atoms with E-state index in [1.54, 1.807) is 18.3 Å². The monoisotopic (exact) mass is 270 g/mol. The third-order valence-electron chi connectivity index (χ3n) is 2.07. The summed E-state index contributed by atoms with van der Waals surface area (Å²) in [6.07, 6.45) is 4.99. The number of amides is 1. The molecule has 1 N–H and O–H groups in total. The van der Waals surface area contributed by atoms with E-state index in [1.165, 1.54) is 0 Å². The van der Waals surface area contributed by atoms with Gasteiger partial charge in [-0.1, -0.05) is 19.8 Å². The van der Waals surface area contributed by atoms with Crippen LogP contribution in [0.25, 0.3) is 0 Å². The molecule has 82 valence electrons. The van der Waals surface area contributed by atoms with Crippen molar-refractivity contribution < 1.29 is 4.79 Å². The van der Waals surface area contributed by atoms with Gasteiger partial charge in [-0.15, -0.1) is 0 Å². The molecule has 0 saturated carbocycles. The van der Waals surface area contributed by atoms with Crippen LogP contribution in [0.3, 0.4) is 0 Å². The van der Waals surface area contributed by atoms with Crippen LogP contribution in [0.4, 0.5) is 0 Å². The van der Waals surface area contributed by atoms with Crippen LogP contribution in [-0.4, -0.2) is 17.4 Å². The number of hydrogen-bond acceptors (Lipinski definition) is 2. The molecular formula is C11H15BrN2O. The van der Waals surface area contributed by atoms with E-state index in [-0.39, 0.29) is 5.91 Å². The summed E-state index contributed by atoms with van der Waals surface area (Å²) in [5.74, 6) is -0.0638. The molecule has 1 aromatic rings. The highest BCUT2D eigenvalue weighted by Gasteiger charge is 2.08. The number of carbonyl (C=O) groups excluding carboxylic acids is 1. The molecule has 0 bridgehead atoms. The van der Waals surface area contributed by atoms with Crippen molar-refractivity contribution in [3.05, 3.63) is 28.5 Å². The van der Waals surface area contributed by atoms with Crippen LogP contribution in [-0.2, 0) is 0 Å². The van der Waals surface area contributed by atoms with Gasteiger partial charge in [-0.2, -0.15) is 0 Å². The van der Waals surface area contributed by atoms with Gasteiger partial charge in [0.1, 0.15) is 4.60 Å². The Labute approximate surface area is 98.4 Å². The van der Waals surface area contributed by atoms with Crippen LogP contribution in [0.1, 0.15) is 36.5 Å². The maximum absolute atomic E-state index is 11.6. The number of nitrogens with one attached hydrogen (secondary N) is 1. The number of nitrogens with zero attached hydrogens (tertiary/aromatic N) is 1. The topological polar surface area (TPSA) is 42.0 Å². The molecule has 3 nitrogen and oxygen atoms in total. The lowest BCUT2D eigenvalue weighted by Crippen LogP contribution is -2.24. The molecule has 1 aromatic heterocycles. The smallest absolute Gasteiger partial charge is 0.254 e. The van der Waals surface area contributed by atoms with Gasteiger partial charge in [-0.05, 0) is 34.5 Å². The summed E-state index contributed by atoms with van der Waals surface area (Å²) in [7, 11) is 0. The van der Waals surface area contributed by atoms with Crippen LogP contribution in [0.2, 0.25) is 0 Å². The van der Waals surface area contributed by atoms with Crippen molar-refractivity contribution in [2.75, 3.05) is 6.54 Å². The van der Waals surface area contributed by atoms with Crippen LogP contribution in [0.15, 0.2) is 22.9 Å². The summed E-state index contributed by atoms with van der Waals surface area (Å²) < 4.78 is 0.595. The van der Waals surface area contributed by atoms with E-state index in [1.807, 2.05) is 0 Å². The predicted octanol–water partition coefficient (Wildman–Crippen LogP) is 2.76. The van der Waals surface area contributed by atoms with Gasteiger partial charge in [0.25, 0.3) is 5.91 Å². The van der Waals surface area contributed by atoms with Gasteiger partial charge in [-0.3, -0.25) is 4.79 Å². The molecule has 0 spiro atoms. The highest BCUT2D eigenvalue weighted by molar-refractivity contribution is 9.10. The number of pyridine rings is 1. The molecule has 0 aliphatic rings. The van der Waals surface area contributed by atoms with Crippen molar-refractivity contribution in [3.63, 3.8) is 0 Å². The van der Waals surface area contributed by atoms with Crippen LogP contribution in [0, 0.1) is 0 Å². The zero-order valence-electron chi connectivity index (χ0n) is 8.79. The van der Waals surface area contributed by atoms with Crippen molar-refractivity contribution in [2.24, 2.45) is 0 Å². The van der Waals surface area contributed by atoms with Gasteiger partial charge in [0.05, 0.1) is 5.56 Å². The fraction of sp³-hybridized carbons (Fsp3) is 0.455. The summed E-state index contributed by atoms with van der Waals surface area (Å²) >= 11 is 3.25. The van der Waals surface area contributed by atoms with Crippen LogP contribution >= 0.6 is 15.9 Å². The number of hydrogen-bond donors (Lipinski definition) is 1. The minimum absolute atomic E-state index is 0.0638. The average Bonchev–Trinajstić information content (AvgIpc) is 2.25. The van der Waals surface area contributed by atoms with E-state index in [0.717, 1.165) is 25.8 Å². The van der Waals surface area contributed by atoms with Crippen LogP contribution < -0.4 is 5.32 Å². The van der Waals surface area contributed by atoms with Gasteiger partial charge >= 0.3 is 0 Å². The predicted molar refractivity (Wildman–Crippen MR) is 63.8 cm³/mol. The summed E-state index contributed by atoms with van der Waals surface area (Å²) in [5.41, 5.74) is 0.592. The first kappa shape index (κ1) is 12.2. The van der Waals surface area contributed by atoms with Crippen molar-refractivity contribution in [1.82, 2.24) is 10.3 Å². The largest absolute Gasteiger partial charge is 0.352 e. The van der Waals surface area contributed by atoms with Gasteiger partial charge in [0.15, 0.2) is 0 Å². The molecule has 0 atom stereocenters. The maximum Gasteiger partial charge on any atom is 0.254 e. The summed E-state index contributed by atoms with van der Waals surface area (Å²) in [6.45, 7) is 2.87. The molecule has 1 rings (SSSR count). The molecule has 1 amide bonds. The molecule has 0 unspecified atom stereocenters. The third kappa shape index (κ3) is 4.00. The molecular weight excluding hydrogens is 256 g/mol. The number of carbonyl (C=O) groups is 1. The number of unbranched alkanes of at least 4 members (excludes halogenated alkanes) is 2. The summed E-state index contributed by atoms with van der Waals surface area (Å²) in [5, 5.41) is 2.87.